The maximum absolute atomic E-state index is 10.8. The number of ether oxygens (including phenoxy) is 3. The van der Waals surface area contributed by atoms with Gasteiger partial charge >= 0.3 is 59.1 Å². The Kier molecular flexibility index (Phi) is 14.3. The largest absolute Gasteiger partial charge is 1.00 e. The van der Waals surface area contributed by atoms with Gasteiger partial charge in [-0.1, -0.05) is 0 Å². The maximum Gasteiger partial charge on any atom is 1.00 e. The van der Waals surface area contributed by atoms with Gasteiger partial charge in [0.25, 0.3) is 0 Å². The SMILES string of the molecule is [CH2-]C(O)COc1ccc(-c2nc(-c3ccc(OC)cc3)nc(-c3ccc(OCC(O)CS(=O)(=O)[O-])cc3O)n2)c(O)c1.[Na+].[Na+]. The second-order valence-electron chi connectivity index (χ2n) is 9.05. The number of aromatic nitrogens is 3. The minimum atomic E-state index is -4.64. The number of aliphatic hydroxyl groups is 2. The van der Waals surface area contributed by atoms with Gasteiger partial charge < -0.3 is 46.1 Å². The Bertz CT molecular complexity index is 1660. The van der Waals surface area contributed by atoms with Crippen LogP contribution in [0.3, 0.4) is 0 Å². The monoisotopic (exact) mass is 643 g/mol. The molecule has 1 aromatic heterocycles. The molecule has 0 spiro atoms. The van der Waals surface area contributed by atoms with Crippen molar-refractivity contribution in [3.63, 3.8) is 0 Å². The summed E-state index contributed by atoms with van der Waals surface area (Å²) < 4.78 is 48.4. The van der Waals surface area contributed by atoms with Crippen LogP contribution < -0.4 is 73.3 Å². The van der Waals surface area contributed by atoms with Gasteiger partial charge in [-0.05, 0) is 54.6 Å². The molecule has 1 heterocycles. The van der Waals surface area contributed by atoms with Gasteiger partial charge in [-0.25, -0.2) is 23.4 Å². The van der Waals surface area contributed by atoms with Crippen molar-refractivity contribution >= 4 is 10.1 Å². The predicted molar refractivity (Wildman–Crippen MR) is 149 cm³/mol. The second kappa shape index (κ2) is 16.7. The van der Waals surface area contributed by atoms with Crippen molar-refractivity contribution in [2.24, 2.45) is 0 Å². The van der Waals surface area contributed by atoms with Crippen LogP contribution in [0.2, 0.25) is 0 Å². The summed E-state index contributed by atoms with van der Waals surface area (Å²) in [6.07, 6.45) is -2.51. The Balaban J connectivity index is 0.00000337. The number of rotatable bonds is 12. The Hall–Kier alpha value is -2.50. The number of phenols is 2. The first-order valence-electron chi connectivity index (χ1n) is 12.4. The summed E-state index contributed by atoms with van der Waals surface area (Å²) in [7, 11) is -3.11. The molecular weight excluding hydrogens is 616 g/mol. The van der Waals surface area contributed by atoms with Gasteiger partial charge in [-0.2, -0.15) is 0 Å². The van der Waals surface area contributed by atoms with Crippen molar-refractivity contribution in [3.8, 4) is 62.9 Å². The average molecular weight is 644 g/mol. The van der Waals surface area contributed by atoms with E-state index < -0.39 is 34.7 Å². The summed E-state index contributed by atoms with van der Waals surface area (Å²) in [5.74, 6) is -0.207. The Morgan fingerprint density at radius 3 is 1.66 bits per heavy atom. The van der Waals surface area contributed by atoms with Crippen molar-refractivity contribution in [3.05, 3.63) is 67.6 Å². The van der Waals surface area contributed by atoms with Gasteiger partial charge in [0.1, 0.15) is 41.5 Å². The van der Waals surface area contributed by atoms with Crippen LogP contribution in [0.4, 0.5) is 0 Å². The molecule has 2 atom stereocenters. The standard InChI is InChI=1S/C28H28N3O10S.2Na/c1-16(32)13-40-20-7-9-22(24(34)11-20)27-29-26(17-3-5-19(39-2)6-4-17)30-28(31-27)23-10-8-21(12-25(23)35)41-14-18(33)15-42(36,37)38;;/h3-12,16,18,32-35H,1,13-15H2,2H3,(H,36,37,38);;/q-1;2*+1/p-1. The van der Waals surface area contributed by atoms with Crippen LogP contribution in [-0.2, 0) is 10.1 Å². The van der Waals surface area contributed by atoms with Crippen LogP contribution in [-0.4, -0.2) is 86.6 Å². The quantitative estimate of drug-likeness (QED) is 0.0664. The zero-order valence-electron chi connectivity index (χ0n) is 24.2. The first-order valence-corrected chi connectivity index (χ1v) is 13.9. The van der Waals surface area contributed by atoms with Crippen LogP contribution in [0, 0.1) is 6.92 Å². The molecule has 0 aliphatic heterocycles. The van der Waals surface area contributed by atoms with Crippen molar-refractivity contribution in [2.75, 3.05) is 26.1 Å². The smallest absolute Gasteiger partial charge is 0.748 e. The molecule has 0 bridgehead atoms. The molecule has 2 unspecified atom stereocenters. The van der Waals surface area contributed by atoms with E-state index in [9.17, 15) is 33.4 Å². The zero-order chi connectivity index (χ0) is 30.4. The molecular formula is C28H27N3Na2O10S. The van der Waals surface area contributed by atoms with Crippen LogP contribution in [0.5, 0.6) is 28.7 Å². The Morgan fingerprint density at radius 2 is 1.23 bits per heavy atom. The fraction of sp³-hybridized carbons (Fsp3) is 0.214. The summed E-state index contributed by atoms with van der Waals surface area (Å²) in [6.45, 7) is 2.86. The molecule has 0 saturated carbocycles. The normalized spacial score (nSPS) is 12.3. The van der Waals surface area contributed by atoms with Crippen molar-refractivity contribution < 1.29 is 107 Å². The molecule has 16 heteroatoms. The summed E-state index contributed by atoms with van der Waals surface area (Å²) in [5, 5.41) is 40.6. The van der Waals surface area contributed by atoms with E-state index in [2.05, 4.69) is 21.9 Å². The minimum absolute atomic E-state index is 0. The van der Waals surface area contributed by atoms with Gasteiger partial charge in [0.2, 0.25) is 0 Å². The van der Waals surface area contributed by atoms with Crippen LogP contribution in [0.1, 0.15) is 0 Å². The predicted octanol–water partition coefficient (Wildman–Crippen LogP) is -3.84. The van der Waals surface area contributed by atoms with Crippen LogP contribution >= 0.6 is 0 Å². The first kappa shape index (κ1) is 37.7. The number of hydrogen-bond donors (Lipinski definition) is 4. The van der Waals surface area contributed by atoms with E-state index in [0.29, 0.717) is 11.3 Å². The van der Waals surface area contributed by atoms with Crippen molar-refractivity contribution in [2.45, 2.75) is 12.2 Å². The van der Waals surface area contributed by atoms with Gasteiger partial charge in [0.05, 0.1) is 40.7 Å². The molecule has 222 valence electrons. The van der Waals surface area contributed by atoms with Crippen molar-refractivity contribution in [1.82, 2.24) is 15.0 Å². The topological polar surface area (TPSA) is 204 Å². The van der Waals surface area contributed by atoms with E-state index in [1.165, 1.54) is 37.4 Å². The molecule has 0 saturated heterocycles. The number of aliphatic hydroxyl groups excluding tert-OH is 2. The molecule has 4 rings (SSSR count). The Labute approximate surface area is 298 Å². The van der Waals surface area contributed by atoms with E-state index in [1.807, 2.05) is 0 Å². The molecule has 3 aromatic carbocycles. The maximum atomic E-state index is 10.8. The van der Waals surface area contributed by atoms with Gasteiger partial charge in [-0.15, -0.1) is 0 Å². The second-order valence-corrected chi connectivity index (χ2v) is 10.5. The van der Waals surface area contributed by atoms with Crippen molar-refractivity contribution in [1.29, 1.82) is 0 Å². The van der Waals surface area contributed by atoms with E-state index in [0.717, 1.165) is 0 Å². The summed E-state index contributed by atoms with van der Waals surface area (Å²) in [5.41, 5.74) is 0.997. The molecule has 0 aliphatic carbocycles. The number of benzene rings is 3. The fourth-order valence-corrected chi connectivity index (χ4v) is 4.30. The number of nitrogens with zero attached hydrogens (tertiary/aromatic N) is 3. The summed E-state index contributed by atoms with van der Waals surface area (Å²) in [6, 6.07) is 15.4. The van der Waals surface area contributed by atoms with E-state index >= 15 is 0 Å². The molecule has 4 aromatic rings. The fourth-order valence-electron chi connectivity index (χ4n) is 3.74. The molecule has 0 amide bonds. The number of phenolic OH excluding ortho intramolecular Hbond substituents is 2. The third kappa shape index (κ3) is 10.5. The van der Waals surface area contributed by atoms with E-state index in [1.54, 1.807) is 30.3 Å². The molecule has 44 heavy (non-hydrogen) atoms. The average Bonchev–Trinajstić information content (AvgIpc) is 2.94. The molecule has 0 radical (unpaired) electrons. The van der Waals surface area contributed by atoms with Gasteiger partial charge in [0.15, 0.2) is 17.5 Å². The zero-order valence-corrected chi connectivity index (χ0v) is 29.1. The third-order valence-corrected chi connectivity index (χ3v) is 6.48. The van der Waals surface area contributed by atoms with Crippen LogP contribution in [0.25, 0.3) is 34.2 Å². The molecule has 0 fully saturated rings. The molecule has 4 N–H and O–H groups in total. The first-order chi connectivity index (χ1) is 19.9. The number of methoxy groups -OCH3 is 1. The van der Waals surface area contributed by atoms with Crippen LogP contribution in [0.15, 0.2) is 60.7 Å². The van der Waals surface area contributed by atoms with E-state index in [-0.39, 0.29) is 117 Å². The summed E-state index contributed by atoms with van der Waals surface area (Å²) >= 11 is 0. The molecule has 0 aliphatic rings. The summed E-state index contributed by atoms with van der Waals surface area (Å²) in [4.78, 5) is 13.5. The third-order valence-electron chi connectivity index (χ3n) is 5.69. The minimum Gasteiger partial charge on any atom is -0.748 e. The number of aromatic hydroxyl groups is 2. The molecule has 13 nitrogen and oxygen atoms in total. The Morgan fingerprint density at radius 1 is 0.773 bits per heavy atom. The van der Waals surface area contributed by atoms with E-state index in [4.69, 9.17) is 14.2 Å². The van der Waals surface area contributed by atoms with Gasteiger partial charge in [-0.3, -0.25) is 0 Å². The van der Waals surface area contributed by atoms with Gasteiger partial charge in [0, 0.05) is 17.7 Å². The number of hydrogen-bond acceptors (Lipinski definition) is 13.